The number of sulfonamides is 1. The summed E-state index contributed by atoms with van der Waals surface area (Å²) in [5.41, 5.74) is 0.684. The van der Waals surface area contributed by atoms with Crippen molar-refractivity contribution in [3.8, 4) is 0 Å². The van der Waals surface area contributed by atoms with E-state index in [1.807, 2.05) is 24.3 Å². The second-order valence-corrected chi connectivity index (χ2v) is 8.81. The smallest absolute Gasteiger partial charge is 0.265 e. The predicted octanol–water partition coefficient (Wildman–Crippen LogP) is 1.96. The Labute approximate surface area is 156 Å². The number of tetrazole rings is 1. The number of anilines is 1. The molecule has 3 aromatic rings. The largest absolute Gasteiger partial charge is 0.381 e. The molecule has 3 heterocycles. The molecule has 9 heteroatoms. The molecule has 140 valence electrons. The average molecular weight is 385 g/mol. The van der Waals surface area contributed by atoms with Crippen molar-refractivity contribution in [2.75, 3.05) is 17.5 Å². The Morgan fingerprint density at radius 1 is 1.11 bits per heavy atom. The summed E-state index contributed by atoms with van der Waals surface area (Å²) >= 11 is 0. The van der Waals surface area contributed by atoms with Gasteiger partial charge in [0, 0.05) is 25.1 Å². The standard InChI is InChI=1S/C18H19N5O3S/c24-27(25)16-6-2-4-14-3-1-5-15(18(14)16)23(27)12-17-19-20-21-22(17)11-13-7-9-26-10-8-13/h1-6,13H,7-12H2. The van der Waals surface area contributed by atoms with Crippen LogP contribution >= 0.6 is 0 Å². The van der Waals surface area contributed by atoms with Crippen LogP contribution in [0.2, 0.25) is 0 Å². The van der Waals surface area contributed by atoms with Crippen LogP contribution in [-0.2, 0) is 27.8 Å². The van der Waals surface area contributed by atoms with Crippen molar-refractivity contribution in [3.05, 3.63) is 42.2 Å². The number of rotatable bonds is 4. The second-order valence-electron chi connectivity index (χ2n) is 6.98. The fourth-order valence-corrected chi connectivity index (χ4v) is 5.57. The number of hydrogen-bond acceptors (Lipinski definition) is 6. The Bertz CT molecular complexity index is 1100. The highest BCUT2D eigenvalue weighted by atomic mass is 32.2. The number of ether oxygens (including phenoxy) is 1. The molecule has 0 aliphatic carbocycles. The lowest BCUT2D eigenvalue weighted by atomic mass is 10.0. The van der Waals surface area contributed by atoms with Gasteiger partial charge in [0.15, 0.2) is 5.82 Å². The number of nitrogens with zero attached hydrogens (tertiary/aromatic N) is 5. The Morgan fingerprint density at radius 3 is 2.70 bits per heavy atom. The fourth-order valence-electron chi connectivity index (χ4n) is 3.91. The summed E-state index contributed by atoms with van der Waals surface area (Å²) in [5.74, 6) is 0.992. The summed E-state index contributed by atoms with van der Waals surface area (Å²) in [4.78, 5) is 0.346. The summed E-state index contributed by atoms with van der Waals surface area (Å²) in [6, 6.07) is 11.0. The van der Waals surface area contributed by atoms with E-state index in [0.717, 1.165) is 36.8 Å². The Balaban J connectivity index is 1.49. The van der Waals surface area contributed by atoms with Crippen LogP contribution in [0.15, 0.2) is 41.3 Å². The number of hydrogen-bond donors (Lipinski definition) is 0. The molecule has 27 heavy (non-hydrogen) atoms. The van der Waals surface area contributed by atoms with Crippen LogP contribution in [0.25, 0.3) is 10.8 Å². The second kappa shape index (κ2) is 6.28. The molecule has 2 aromatic carbocycles. The van der Waals surface area contributed by atoms with Gasteiger partial charge in [-0.25, -0.2) is 13.1 Å². The van der Waals surface area contributed by atoms with Crippen molar-refractivity contribution in [3.63, 3.8) is 0 Å². The molecular weight excluding hydrogens is 366 g/mol. The lowest BCUT2D eigenvalue weighted by Crippen LogP contribution is -2.29. The van der Waals surface area contributed by atoms with Gasteiger partial charge in [-0.3, -0.25) is 4.31 Å². The molecule has 0 bridgehead atoms. The molecule has 1 aromatic heterocycles. The first-order valence-electron chi connectivity index (χ1n) is 9.02. The Hall–Kier alpha value is -2.52. The van der Waals surface area contributed by atoms with Crippen molar-refractivity contribution in [1.29, 1.82) is 0 Å². The zero-order chi connectivity index (χ0) is 18.4. The fraction of sp³-hybridized carbons (Fsp3) is 0.389. The lowest BCUT2D eigenvalue weighted by molar-refractivity contribution is 0.0597. The molecule has 0 amide bonds. The van der Waals surface area contributed by atoms with E-state index in [9.17, 15) is 8.42 Å². The summed E-state index contributed by atoms with van der Waals surface area (Å²) in [5, 5.41) is 13.7. The van der Waals surface area contributed by atoms with E-state index >= 15 is 0 Å². The third-order valence-corrected chi connectivity index (χ3v) is 7.15. The summed E-state index contributed by atoms with van der Waals surface area (Å²) in [7, 11) is -3.62. The first-order chi connectivity index (χ1) is 13.1. The minimum atomic E-state index is -3.62. The maximum atomic E-state index is 13.1. The van der Waals surface area contributed by atoms with E-state index in [-0.39, 0.29) is 6.54 Å². The highest BCUT2D eigenvalue weighted by molar-refractivity contribution is 7.93. The van der Waals surface area contributed by atoms with Crippen molar-refractivity contribution in [2.24, 2.45) is 5.92 Å². The third kappa shape index (κ3) is 2.69. The van der Waals surface area contributed by atoms with E-state index in [4.69, 9.17) is 4.74 Å². The molecule has 5 rings (SSSR count). The van der Waals surface area contributed by atoms with Gasteiger partial charge >= 0.3 is 0 Å². The zero-order valence-electron chi connectivity index (χ0n) is 14.7. The minimum absolute atomic E-state index is 0.117. The van der Waals surface area contributed by atoms with Gasteiger partial charge in [-0.2, -0.15) is 0 Å². The zero-order valence-corrected chi connectivity index (χ0v) is 15.5. The molecule has 0 spiro atoms. The number of benzene rings is 2. The normalized spacial score (nSPS) is 19.0. The molecule has 0 saturated carbocycles. The number of aromatic nitrogens is 4. The molecule has 8 nitrogen and oxygen atoms in total. The summed E-state index contributed by atoms with van der Waals surface area (Å²) in [6.45, 7) is 2.29. The highest BCUT2D eigenvalue weighted by Crippen LogP contribution is 2.42. The third-order valence-electron chi connectivity index (χ3n) is 5.34. The van der Waals surface area contributed by atoms with Gasteiger partial charge in [0.25, 0.3) is 10.0 Å². The molecule has 0 unspecified atom stereocenters. The van der Waals surface area contributed by atoms with Gasteiger partial charge in [-0.1, -0.05) is 24.3 Å². The van der Waals surface area contributed by atoms with Gasteiger partial charge in [-0.05, 0) is 46.7 Å². The van der Waals surface area contributed by atoms with Crippen LogP contribution < -0.4 is 4.31 Å². The van der Waals surface area contributed by atoms with Crippen molar-refractivity contribution in [2.45, 2.75) is 30.8 Å². The monoisotopic (exact) mass is 385 g/mol. The molecule has 2 aliphatic rings. The lowest BCUT2D eigenvalue weighted by Gasteiger charge is -2.23. The van der Waals surface area contributed by atoms with E-state index in [1.54, 1.807) is 16.8 Å². The molecule has 0 atom stereocenters. The quantitative estimate of drug-likeness (QED) is 0.682. The molecule has 0 radical (unpaired) electrons. The molecular formula is C18H19N5O3S. The van der Waals surface area contributed by atoms with Crippen molar-refractivity contribution < 1.29 is 13.2 Å². The molecule has 1 fully saturated rings. The van der Waals surface area contributed by atoms with Crippen molar-refractivity contribution >= 4 is 26.5 Å². The van der Waals surface area contributed by atoms with Crippen molar-refractivity contribution in [1.82, 2.24) is 20.2 Å². The predicted molar refractivity (Wildman–Crippen MR) is 98.7 cm³/mol. The Morgan fingerprint density at radius 2 is 1.89 bits per heavy atom. The molecule has 2 aliphatic heterocycles. The van der Waals surface area contributed by atoms with Gasteiger partial charge in [0.05, 0.1) is 17.1 Å². The highest BCUT2D eigenvalue weighted by Gasteiger charge is 2.36. The van der Waals surface area contributed by atoms with Crippen LogP contribution in [0.5, 0.6) is 0 Å². The van der Waals surface area contributed by atoms with E-state index in [1.165, 1.54) is 4.31 Å². The first-order valence-corrected chi connectivity index (χ1v) is 10.5. The van der Waals surface area contributed by atoms with Gasteiger partial charge in [0.2, 0.25) is 0 Å². The van der Waals surface area contributed by atoms with Gasteiger partial charge < -0.3 is 4.74 Å². The summed E-state index contributed by atoms with van der Waals surface area (Å²) < 4.78 is 34.8. The van der Waals surface area contributed by atoms with Gasteiger partial charge in [0.1, 0.15) is 0 Å². The Kier molecular flexibility index (Phi) is 3.87. The van der Waals surface area contributed by atoms with Crippen LogP contribution in [0, 0.1) is 5.92 Å². The minimum Gasteiger partial charge on any atom is -0.381 e. The maximum absolute atomic E-state index is 13.1. The van der Waals surface area contributed by atoms with E-state index < -0.39 is 10.0 Å². The van der Waals surface area contributed by atoms with E-state index in [2.05, 4.69) is 15.5 Å². The SMILES string of the molecule is O=S1(=O)c2cccc3cccc(c23)N1Cc1nnnn1CC1CCOCC1. The van der Waals surface area contributed by atoms with Gasteiger partial charge in [-0.15, -0.1) is 5.10 Å². The van der Waals surface area contributed by atoms with E-state index in [0.29, 0.717) is 28.9 Å². The van der Waals surface area contributed by atoms with Crippen LogP contribution in [0.3, 0.4) is 0 Å². The van der Waals surface area contributed by atoms with Crippen LogP contribution in [0.4, 0.5) is 5.69 Å². The summed E-state index contributed by atoms with van der Waals surface area (Å²) in [6.07, 6.45) is 1.93. The topological polar surface area (TPSA) is 90.2 Å². The maximum Gasteiger partial charge on any atom is 0.265 e. The first kappa shape index (κ1) is 16.6. The molecule has 0 N–H and O–H groups in total. The molecule has 1 saturated heterocycles. The average Bonchev–Trinajstić information content (AvgIpc) is 3.20. The van der Waals surface area contributed by atoms with Crippen LogP contribution in [-0.4, -0.2) is 41.8 Å². The van der Waals surface area contributed by atoms with Crippen LogP contribution in [0.1, 0.15) is 18.7 Å².